The van der Waals surface area contributed by atoms with Gasteiger partial charge in [0.05, 0.1) is 0 Å². The summed E-state index contributed by atoms with van der Waals surface area (Å²) in [7, 11) is 0. The Labute approximate surface area is 290 Å². The van der Waals surface area contributed by atoms with Gasteiger partial charge in [-0.15, -0.1) is 0 Å². The Balaban J connectivity index is 1.05. The van der Waals surface area contributed by atoms with E-state index in [2.05, 4.69) is 159 Å². The Morgan fingerprint density at radius 3 is 1.68 bits per heavy atom. The summed E-state index contributed by atoms with van der Waals surface area (Å²) in [5, 5.41) is 10.1. The molecule has 0 spiro atoms. The van der Waals surface area contributed by atoms with Crippen LogP contribution in [0.4, 0.5) is 0 Å². The van der Waals surface area contributed by atoms with Crippen molar-refractivity contribution in [3.05, 3.63) is 169 Å². The number of hydrogen-bond acceptors (Lipinski definition) is 1. The summed E-state index contributed by atoms with van der Waals surface area (Å²) in [6.07, 6.45) is 0. The van der Waals surface area contributed by atoms with E-state index in [1.165, 1.54) is 76.8 Å². The molecule has 9 aromatic carbocycles. The molecule has 1 aliphatic rings. The molecule has 0 atom stereocenters. The highest BCUT2D eigenvalue weighted by molar-refractivity contribution is 6.27. The molecule has 0 bridgehead atoms. The van der Waals surface area contributed by atoms with Crippen LogP contribution in [0.1, 0.15) is 25.0 Å². The van der Waals surface area contributed by atoms with Crippen LogP contribution in [0.2, 0.25) is 0 Å². The highest BCUT2D eigenvalue weighted by Crippen LogP contribution is 2.50. The molecule has 0 saturated heterocycles. The maximum absolute atomic E-state index is 6.36. The molecule has 0 fully saturated rings. The molecule has 1 heterocycles. The Kier molecular flexibility index (Phi) is 5.51. The van der Waals surface area contributed by atoms with E-state index < -0.39 is 0 Å². The predicted molar refractivity (Wildman–Crippen MR) is 211 cm³/mol. The van der Waals surface area contributed by atoms with Crippen LogP contribution in [-0.4, -0.2) is 0 Å². The largest absolute Gasteiger partial charge is 0.455 e. The summed E-state index contributed by atoms with van der Waals surface area (Å²) in [6.45, 7) is 4.72. The van der Waals surface area contributed by atoms with Gasteiger partial charge in [0, 0.05) is 21.8 Å². The predicted octanol–water partition coefficient (Wildman–Crippen LogP) is 13.8. The van der Waals surface area contributed by atoms with E-state index >= 15 is 0 Å². The zero-order valence-corrected chi connectivity index (χ0v) is 27.9. The molecule has 1 aliphatic carbocycles. The van der Waals surface area contributed by atoms with Crippen molar-refractivity contribution in [1.29, 1.82) is 0 Å². The highest BCUT2D eigenvalue weighted by atomic mass is 16.3. The fourth-order valence-electron chi connectivity index (χ4n) is 8.98. The fourth-order valence-corrected chi connectivity index (χ4v) is 8.98. The maximum Gasteiger partial charge on any atom is 0.143 e. The second-order valence-electron chi connectivity index (χ2n) is 14.4. The second kappa shape index (κ2) is 9.94. The Morgan fingerprint density at radius 2 is 0.920 bits per heavy atom. The van der Waals surface area contributed by atoms with Crippen molar-refractivity contribution in [2.75, 3.05) is 0 Å². The molecule has 1 heteroatoms. The Bertz CT molecular complexity index is 2990. The molecule has 1 aromatic heterocycles. The van der Waals surface area contributed by atoms with Crippen molar-refractivity contribution in [2.45, 2.75) is 19.3 Å². The van der Waals surface area contributed by atoms with Crippen molar-refractivity contribution in [3.63, 3.8) is 0 Å². The van der Waals surface area contributed by atoms with Gasteiger partial charge in [-0.1, -0.05) is 159 Å². The van der Waals surface area contributed by atoms with Gasteiger partial charge < -0.3 is 4.42 Å². The van der Waals surface area contributed by atoms with Crippen LogP contribution >= 0.6 is 0 Å². The zero-order chi connectivity index (χ0) is 33.1. The minimum absolute atomic E-state index is 0.0330. The first-order chi connectivity index (χ1) is 24.5. The third-order valence-electron chi connectivity index (χ3n) is 11.5. The van der Waals surface area contributed by atoms with E-state index in [0.29, 0.717) is 0 Å². The van der Waals surface area contributed by atoms with Gasteiger partial charge in [0.15, 0.2) is 0 Å². The molecule has 0 aliphatic heterocycles. The fraction of sp³-hybridized carbons (Fsp3) is 0.0612. The van der Waals surface area contributed by atoms with E-state index in [4.69, 9.17) is 4.42 Å². The van der Waals surface area contributed by atoms with Crippen molar-refractivity contribution < 1.29 is 4.42 Å². The third-order valence-corrected chi connectivity index (χ3v) is 11.5. The summed E-state index contributed by atoms with van der Waals surface area (Å²) < 4.78 is 6.36. The summed E-state index contributed by atoms with van der Waals surface area (Å²) in [6, 6.07) is 58.2. The average Bonchev–Trinajstić information content (AvgIpc) is 3.66. The smallest absolute Gasteiger partial charge is 0.143 e. The van der Waals surface area contributed by atoms with Crippen LogP contribution in [0.3, 0.4) is 0 Å². The summed E-state index contributed by atoms with van der Waals surface area (Å²) in [5.41, 5.74) is 14.7. The number of hydrogen-bond donors (Lipinski definition) is 0. The van der Waals surface area contributed by atoms with Gasteiger partial charge in [-0.2, -0.15) is 0 Å². The van der Waals surface area contributed by atoms with E-state index in [-0.39, 0.29) is 5.41 Å². The minimum Gasteiger partial charge on any atom is -0.455 e. The van der Waals surface area contributed by atoms with Crippen molar-refractivity contribution in [2.24, 2.45) is 0 Å². The topological polar surface area (TPSA) is 13.1 Å². The van der Waals surface area contributed by atoms with Gasteiger partial charge in [-0.25, -0.2) is 0 Å². The third kappa shape index (κ3) is 3.72. The van der Waals surface area contributed by atoms with Crippen LogP contribution in [0.25, 0.3) is 98.8 Å². The number of fused-ring (bicyclic) bond motifs is 6. The summed E-state index contributed by atoms with van der Waals surface area (Å²) in [5.74, 6) is 0. The monoisotopic (exact) mass is 636 g/mol. The normalized spacial score (nSPS) is 13.6. The highest BCUT2D eigenvalue weighted by Gasteiger charge is 2.35. The summed E-state index contributed by atoms with van der Waals surface area (Å²) in [4.78, 5) is 0. The Hall–Kier alpha value is -6.18. The van der Waals surface area contributed by atoms with Gasteiger partial charge >= 0.3 is 0 Å². The van der Waals surface area contributed by atoms with Crippen LogP contribution in [0.15, 0.2) is 162 Å². The molecule has 0 saturated carbocycles. The molecule has 10 aromatic rings. The average molecular weight is 637 g/mol. The molecule has 0 N–H and O–H groups in total. The number of benzene rings is 9. The van der Waals surface area contributed by atoms with Crippen LogP contribution in [-0.2, 0) is 5.41 Å². The zero-order valence-electron chi connectivity index (χ0n) is 27.9. The molecule has 0 unspecified atom stereocenters. The number of para-hydroxylation sites is 2. The minimum atomic E-state index is -0.0330. The Morgan fingerprint density at radius 1 is 0.380 bits per heavy atom. The van der Waals surface area contributed by atoms with Crippen LogP contribution in [0, 0.1) is 0 Å². The van der Waals surface area contributed by atoms with Crippen molar-refractivity contribution in [3.8, 4) is 44.5 Å². The summed E-state index contributed by atoms with van der Waals surface area (Å²) >= 11 is 0. The van der Waals surface area contributed by atoms with Gasteiger partial charge in [-0.05, 0) is 94.5 Å². The number of furan rings is 1. The van der Waals surface area contributed by atoms with Gasteiger partial charge in [0.25, 0.3) is 0 Å². The van der Waals surface area contributed by atoms with Crippen LogP contribution in [0.5, 0.6) is 0 Å². The maximum atomic E-state index is 6.36. The van der Waals surface area contributed by atoms with Crippen molar-refractivity contribution >= 4 is 54.3 Å². The lowest BCUT2D eigenvalue weighted by molar-refractivity contribution is 0.660. The van der Waals surface area contributed by atoms with Crippen molar-refractivity contribution in [1.82, 2.24) is 0 Å². The standard InChI is InChI=1S/C49H32O/c1-49(2)43-12-5-3-8-37(43)38-25-22-33(28-44(38)49)35-24-19-32-20-26-40-34(23-18-31-21-27-41(35)47(32)46(31)40)29-14-16-30(17-15-29)36-10-7-11-42-39-9-4-6-13-45(39)50-48(36)42/h3-28H,1-2H3. The van der Waals surface area contributed by atoms with Gasteiger partial charge in [0.2, 0.25) is 0 Å². The van der Waals surface area contributed by atoms with E-state index in [0.717, 1.165) is 33.1 Å². The van der Waals surface area contributed by atoms with Gasteiger partial charge in [0.1, 0.15) is 11.2 Å². The quantitative estimate of drug-likeness (QED) is 0.176. The van der Waals surface area contributed by atoms with Gasteiger partial charge in [-0.3, -0.25) is 0 Å². The van der Waals surface area contributed by atoms with Crippen LogP contribution < -0.4 is 0 Å². The molecule has 234 valence electrons. The lowest BCUT2D eigenvalue weighted by Gasteiger charge is -2.22. The number of rotatable bonds is 3. The van der Waals surface area contributed by atoms with E-state index in [1.54, 1.807) is 0 Å². The first-order valence-electron chi connectivity index (χ1n) is 17.5. The van der Waals surface area contributed by atoms with E-state index in [9.17, 15) is 0 Å². The van der Waals surface area contributed by atoms with E-state index in [1.807, 2.05) is 12.1 Å². The molecule has 50 heavy (non-hydrogen) atoms. The second-order valence-corrected chi connectivity index (χ2v) is 14.4. The first-order valence-corrected chi connectivity index (χ1v) is 17.5. The SMILES string of the molecule is CC1(C)c2ccccc2-c2ccc(-c3ccc4ccc5c(-c6ccc(-c7cccc8c7oc7ccccc78)cc6)ccc6ccc3c4c65)cc21. The lowest BCUT2D eigenvalue weighted by atomic mass is 9.81. The molecular weight excluding hydrogens is 605 g/mol. The lowest BCUT2D eigenvalue weighted by Crippen LogP contribution is -2.14. The molecule has 0 radical (unpaired) electrons. The molecular formula is C49H32O. The molecule has 1 nitrogen and oxygen atoms in total. The molecule has 11 rings (SSSR count). The first kappa shape index (κ1) is 27.7. The molecule has 0 amide bonds.